The van der Waals surface area contributed by atoms with E-state index in [4.69, 9.17) is 0 Å². The third-order valence-electron chi connectivity index (χ3n) is 2.67. The summed E-state index contributed by atoms with van der Waals surface area (Å²) in [5.41, 5.74) is 0. The molecule has 0 aliphatic carbocycles. The lowest BCUT2D eigenvalue weighted by atomic mass is 10.4. The third-order valence-corrected chi connectivity index (χ3v) is 2.67. The number of hydrogen-bond acceptors (Lipinski definition) is 4. The van der Waals surface area contributed by atoms with Crippen LogP contribution in [0, 0.1) is 0 Å². The van der Waals surface area contributed by atoms with Crippen molar-refractivity contribution in [2.45, 2.75) is 62.8 Å². The van der Waals surface area contributed by atoms with E-state index in [-0.39, 0.29) is 14.9 Å². The molecule has 0 saturated carbocycles. The zero-order chi connectivity index (χ0) is 32.7. The van der Waals surface area contributed by atoms with Crippen LogP contribution in [0.5, 0.6) is 0 Å². The van der Waals surface area contributed by atoms with Gasteiger partial charge in [-0.3, -0.25) is 0 Å². The first kappa shape index (κ1) is 55.7. The van der Waals surface area contributed by atoms with Crippen molar-refractivity contribution in [1.82, 2.24) is 0 Å². The molecule has 0 amide bonds. The Morgan fingerprint density at radius 3 is 0.349 bits per heavy atom. The van der Waals surface area contributed by atoms with Crippen molar-refractivity contribution >= 4 is 19.7 Å². The predicted molar refractivity (Wildman–Crippen MR) is 199 cm³/mol. The van der Waals surface area contributed by atoms with Crippen LogP contribution in [0.25, 0.3) is 0 Å². The summed E-state index contributed by atoms with van der Waals surface area (Å²) in [5, 5.41) is 0. The average Bonchev–Trinajstić information content (AvgIpc) is 2.99. The highest BCUT2D eigenvalue weighted by Gasteiger charge is 1.79. The number of benzene rings is 4. The molecule has 0 saturated heterocycles. The Balaban J connectivity index is -0.0000000690. The van der Waals surface area contributed by atoms with Crippen LogP contribution in [0.15, 0.2) is 146 Å². The molecule has 0 N–H and O–H groups in total. The lowest BCUT2D eigenvalue weighted by Gasteiger charge is -1.69. The molecule has 0 unspecified atom stereocenters. The highest BCUT2D eigenvalue weighted by molar-refractivity contribution is 7.90. The molecule has 0 aliphatic heterocycles. The van der Waals surface area contributed by atoms with Crippen molar-refractivity contribution in [3.63, 3.8) is 0 Å². The SMILES string of the molecule is C.C.CC.CC.CCC.CS(C)(=O)=O.CS(C)(=O)=O.c1ccccc1.c1ccccc1.c1ccccc1.c1ccccc1. The Bertz CT molecular complexity index is 826. The van der Waals surface area contributed by atoms with Crippen LogP contribution in [-0.4, -0.2) is 41.9 Å². The van der Waals surface area contributed by atoms with E-state index in [0.29, 0.717) is 0 Å². The number of rotatable bonds is 0. The van der Waals surface area contributed by atoms with Crippen LogP contribution < -0.4 is 0 Å². The summed E-state index contributed by atoms with van der Waals surface area (Å²) in [5.74, 6) is 0. The van der Waals surface area contributed by atoms with Crippen LogP contribution >= 0.6 is 0 Å². The summed E-state index contributed by atoms with van der Waals surface area (Å²) in [7, 11) is -5.33. The van der Waals surface area contributed by atoms with E-state index in [0.717, 1.165) is 25.0 Å². The van der Waals surface area contributed by atoms with Crippen molar-refractivity contribution in [3.05, 3.63) is 146 Å². The Morgan fingerprint density at radius 2 is 0.326 bits per heavy atom. The standard InChI is InChI=1S/4C6H6.C3H8.2C2H6O2S.2C2H6.2CH4/c4*1-2-4-6-5-3-1;1-3-2;2*1-5(2,3)4;2*1-2;;/h4*1-6H;3H2,1-2H3;2*1-2H3;2*1-2H3;2*1H4. The summed E-state index contributed by atoms with van der Waals surface area (Å²) < 4.78 is 38.5. The van der Waals surface area contributed by atoms with Crippen molar-refractivity contribution in [2.24, 2.45) is 0 Å². The lowest BCUT2D eigenvalue weighted by Crippen LogP contribution is -1.86. The molecule has 6 heteroatoms. The first-order valence-corrected chi connectivity index (χ1v) is 18.3. The van der Waals surface area contributed by atoms with E-state index in [1.165, 1.54) is 6.42 Å². The maximum Gasteiger partial charge on any atom is 0.144 e. The lowest BCUT2D eigenvalue weighted by molar-refractivity contribution is 0.605. The van der Waals surface area contributed by atoms with E-state index >= 15 is 0 Å². The fourth-order valence-electron chi connectivity index (χ4n) is 1.54. The molecule has 0 radical (unpaired) electrons. The van der Waals surface area contributed by atoms with E-state index in [1.807, 2.05) is 173 Å². The summed E-state index contributed by atoms with van der Waals surface area (Å²) in [6.07, 6.45) is 5.89. The van der Waals surface area contributed by atoms with Crippen LogP contribution in [0.1, 0.15) is 62.8 Å². The molecule has 4 rings (SSSR count). The van der Waals surface area contributed by atoms with E-state index in [1.54, 1.807) is 0 Å². The minimum atomic E-state index is -2.67. The Hall–Kier alpha value is -3.22. The Kier molecular flexibility index (Phi) is 62.8. The maximum absolute atomic E-state index is 9.63. The maximum atomic E-state index is 9.63. The fraction of sp³-hybridized carbons (Fsp3) is 0.351. The second-order valence-electron chi connectivity index (χ2n) is 7.61. The second kappa shape index (κ2) is 48.5. The highest BCUT2D eigenvalue weighted by atomic mass is 32.2. The van der Waals surface area contributed by atoms with Crippen LogP contribution in [0.2, 0.25) is 0 Å². The van der Waals surface area contributed by atoms with Gasteiger partial charge in [0.25, 0.3) is 0 Å². The van der Waals surface area contributed by atoms with E-state index in [9.17, 15) is 16.8 Å². The van der Waals surface area contributed by atoms with Gasteiger partial charge in [0.15, 0.2) is 0 Å². The van der Waals surface area contributed by atoms with Gasteiger partial charge in [-0.2, -0.15) is 0 Å². The van der Waals surface area contributed by atoms with Gasteiger partial charge in [0.05, 0.1) is 0 Å². The molecular weight excluding hydrogens is 573 g/mol. The van der Waals surface area contributed by atoms with Gasteiger partial charge in [-0.05, 0) is 0 Å². The second-order valence-corrected chi connectivity index (χ2v) is 12.2. The zero-order valence-electron chi connectivity index (χ0n) is 27.0. The molecule has 43 heavy (non-hydrogen) atoms. The van der Waals surface area contributed by atoms with Gasteiger partial charge in [0, 0.05) is 25.0 Å². The first-order valence-electron chi connectivity index (χ1n) is 13.7. The first-order chi connectivity index (χ1) is 19.4. The van der Waals surface area contributed by atoms with Crippen LogP contribution in [0.4, 0.5) is 0 Å². The van der Waals surface area contributed by atoms with E-state index in [2.05, 4.69) is 13.8 Å². The minimum Gasteiger partial charge on any atom is -0.229 e. The van der Waals surface area contributed by atoms with Gasteiger partial charge in [0.2, 0.25) is 0 Å². The molecule has 0 spiro atoms. The molecular formula is C37H64O4S2. The molecule has 0 fully saturated rings. The van der Waals surface area contributed by atoms with Crippen molar-refractivity contribution < 1.29 is 16.8 Å². The van der Waals surface area contributed by atoms with Gasteiger partial charge in [-0.15, -0.1) is 0 Å². The highest BCUT2D eigenvalue weighted by Crippen LogP contribution is 1.81. The summed E-state index contributed by atoms with van der Waals surface area (Å²) >= 11 is 0. The van der Waals surface area contributed by atoms with Gasteiger partial charge < -0.3 is 0 Å². The molecule has 248 valence electrons. The van der Waals surface area contributed by atoms with Crippen LogP contribution in [-0.2, 0) is 19.7 Å². The summed E-state index contributed by atoms with van der Waals surface area (Å²) in [4.78, 5) is 0. The van der Waals surface area contributed by atoms with E-state index < -0.39 is 19.7 Å². The Morgan fingerprint density at radius 1 is 0.302 bits per heavy atom. The number of hydrogen-bond donors (Lipinski definition) is 0. The van der Waals surface area contributed by atoms with Gasteiger partial charge in [-0.1, -0.05) is 208 Å². The van der Waals surface area contributed by atoms with Gasteiger partial charge in [0.1, 0.15) is 19.7 Å². The predicted octanol–water partition coefficient (Wildman–Crippen LogP) is 10.8. The Labute approximate surface area is 269 Å². The zero-order valence-corrected chi connectivity index (χ0v) is 28.6. The molecule has 0 heterocycles. The fourth-order valence-corrected chi connectivity index (χ4v) is 1.54. The molecule has 0 atom stereocenters. The molecule has 0 bridgehead atoms. The van der Waals surface area contributed by atoms with Gasteiger partial charge in [-0.25, -0.2) is 16.8 Å². The molecule has 0 aliphatic rings. The number of sulfone groups is 2. The topological polar surface area (TPSA) is 68.3 Å². The average molecular weight is 637 g/mol. The summed E-state index contributed by atoms with van der Waals surface area (Å²) in [6, 6.07) is 48.0. The van der Waals surface area contributed by atoms with Crippen molar-refractivity contribution in [3.8, 4) is 0 Å². The smallest absolute Gasteiger partial charge is 0.144 e. The van der Waals surface area contributed by atoms with Crippen LogP contribution in [0.3, 0.4) is 0 Å². The largest absolute Gasteiger partial charge is 0.229 e. The third kappa shape index (κ3) is 121. The minimum absolute atomic E-state index is 0. The quantitative estimate of drug-likeness (QED) is 0.193. The normalized spacial score (nSPS) is 7.86. The molecule has 4 nitrogen and oxygen atoms in total. The molecule has 4 aromatic rings. The van der Waals surface area contributed by atoms with Crippen molar-refractivity contribution in [2.75, 3.05) is 25.0 Å². The summed E-state index contributed by atoms with van der Waals surface area (Å²) in [6.45, 7) is 12.2. The van der Waals surface area contributed by atoms with Gasteiger partial charge >= 0.3 is 0 Å². The molecule has 4 aromatic carbocycles. The van der Waals surface area contributed by atoms with Crippen molar-refractivity contribution in [1.29, 1.82) is 0 Å². The monoisotopic (exact) mass is 636 g/mol. The molecule has 0 aromatic heterocycles.